The summed E-state index contributed by atoms with van der Waals surface area (Å²) in [4.78, 5) is 14.7. The fourth-order valence-electron chi connectivity index (χ4n) is 2.70. The van der Waals surface area contributed by atoms with E-state index in [-0.39, 0.29) is 5.78 Å². The highest BCUT2D eigenvalue weighted by atomic mass is 16.4. The molecule has 1 atom stereocenters. The van der Waals surface area contributed by atoms with Crippen molar-refractivity contribution in [1.29, 1.82) is 0 Å². The van der Waals surface area contributed by atoms with E-state index in [4.69, 9.17) is 0 Å². The van der Waals surface area contributed by atoms with Gasteiger partial charge in [-0.15, -0.1) is 0 Å². The predicted octanol–water partition coefficient (Wildman–Crippen LogP) is 3.83. The summed E-state index contributed by atoms with van der Waals surface area (Å²) in [5.41, 5.74) is 2.90. The van der Waals surface area contributed by atoms with Crippen molar-refractivity contribution in [2.75, 3.05) is 6.54 Å². The van der Waals surface area contributed by atoms with Crippen molar-refractivity contribution >= 4 is 11.5 Å². The smallest absolute Gasteiger partial charge is 0.210 e. The Morgan fingerprint density at radius 1 is 1.36 bits per heavy atom. The van der Waals surface area contributed by atoms with E-state index in [1.165, 1.54) is 0 Å². The molecular weight excluding hydrogens is 276 g/mol. The molecule has 0 aromatic heterocycles. The van der Waals surface area contributed by atoms with Gasteiger partial charge in [-0.3, -0.25) is 4.79 Å². The highest BCUT2D eigenvalue weighted by Gasteiger charge is 2.31. The van der Waals surface area contributed by atoms with Gasteiger partial charge in [0.1, 0.15) is 5.71 Å². The molecule has 0 spiro atoms. The lowest BCUT2D eigenvalue weighted by atomic mass is 9.86. The van der Waals surface area contributed by atoms with Gasteiger partial charge in [-0.2, -0.15) is 0 Å². The number of oxime groups is 1. The molecule has 1 aliphatic carbocycles. The molecule has 116 valence electrons. The highest BCUT2D eigenvalue weighted by Crippen LogP contribution is 2.29. The maximum Gasteiger partial charge on any atom is 0.210 e. The van der Waals surface area contributed by atoms with Crippen LogP contribution in [0.4, 0.5) is 0 Å². The van der Waals surface area contributed by atoms with Crippen molar-refractivity contribution in [2.45, 2.75) is 27.2 Å². The average Bonchev–Trinajstić information content (AvgIpc) is 2.54. The second kappa shape index (κ2) is 6.60. The fraction of sp³-hybridized carbons (Fsp3) is 0.333. The summed E-state index contributed by atoms with van der Waals surface area (Å²) in [7, 11) is 0. The number of carbonyl (C=O) groups is 1. The van der Waals surface area contributed by atoms with Gasteiger partial charge >= 0.3 is 0 Å². The Labute approximate surface area is 131 Å². The van der Waals surface area contributed by atoms with Crippen molar-refractivity contribution in [2.24, 2.45) is 11.1 Å². The monoisotopic (exact) mass is 298 g/mol. The van der Waals surface area contributed by atoms with Crippen molar-refractivity contribution in [1.82, 2.24) is 4.90 Å². The van der Waals surface area contributed by atoms with Gasteiger partial charge in [-0.25, -0.2) is 0 Å². The van der Waals surface area contributed by atoms with Crippen LogP contribution < -0.4 is 0 Å². The third-order valence-electron chi connectivity index (χ3n) is 4.17. The summed E-state index contributed by atoms with van der Waals surface area (Å²) < 4.78 is 0. The average molecular weight is 298 g/mol. The van der Waals surface area contributed by atoms with Gasteiger partial charge in [0.15, 0.2) is 0 Å². The van der Waals surface area contributed by atoms with E-state index in [0.29, 0.717) is 40.6 Å². The van der Waals surface area contributed by atoms with Crippen LogP contribution in [0.3, 0.4) is 0 Å². The number of nitrogens with zero attached hydrogens (tertiary/aromatic N) is 2. The number of hydrogen-bond donors (Lipinski definition) is 1. The summed E-state index contributed by atoms with van der Waals surface area (Å²) in [5, 5.41) is 12.8. The SMILES string of the molecule is C=CN(CC(C)CC)C1=C(C)/C(=N/O)c2ccccc2C1=O. The summed E-state index contributed by atoms with van der Waals surface area (Å²) in [6.07, 6.45) is 2.69. The number of fused-ring (bicyclic) bond motifs is 1. The maximum absolute atomic E-state index is 12.9. The summed E-state index contributed by atoms with van der Waals surface area (Å²) in [6.45, 7) is 10.6. The normalized spacial score (nSPS) is 17.4. The third kappa shape index (κ3) is 2.69. The van der Waals surface area contributed by atoms with Crippen molar-refractivity contribution < 1.29 is 10.0 Å². The number of benzene rings is 1. The van der Waals surface area contributed by atoms with E-state index in [1.54, 1.807) is 18.3 Å². The molecule has 4 heteroatoms. The topological polar surface area (TPSA) is 52.9 Å². The number of ketones is 1. The molecular formula is C18H22N2O2. The first-order chi connectivity index (χ1) is 10.5. The van der Waals surface area contributed by atoms with Crippen LogP contribution in [0.1, 0.15) is 43.1 Å². The summed E-state index contributed by atoms with van der Waals surface area (Å²) in [5.74, 6) is 0.376. The molecule has 1 unspecified atom stereocenters. The van der Waals surface area contributed by atoms with Crippen molar-refractivity contribution in [3.05, 3.63) is 59.4 Å². The molecule has 1 aromatic carbocycles. The molecule has 2 rings (SSSR count). The molecule has 0 aliphatic heterocycles. The number of allylic oxidation sites excluding steroid dienone is 2. The molecule has 1 N–H and O–H groups in total. The van der Waals surface area contributed by atoms with E-state index in [0.717, 1.165) is 6.42 Å². The minimum atomic E-state index is -0.0521. The van der Waals surface area contributed by atoms with Crippen LogP contribution >= 0.6 is 0 Å². The van der Waals surface area contributed by atoms with Gasteiger partial charge in [-0.1, -0.05) is 56.3 Å². The van der Waals surface area contributed by atoms with E-state index in [9.17, 15) is 10.0 Å². The Balaban J connectivity index is 2.55. The zero-order valence-corrected chi connectivity index (χ0v) is 13.3. The number of rotatable bonds is 5. The van der Waals surface area contributed by atoms with Gasteiger partial charge in [0, 0.05) is 23.2 Å². The molecule has 0 heterocycles. The molecule has 0 fully saturated rings. The maximum atomic E-state index is 12.9. The second-order valence-electron chi connectivity index (χ2n) is 5.65. The van der Waals surface area contributed by atoms with Crippen LogP contribution in [0.2, 0.25) is 0 Å². The lowest BCUT2D eigenvalue weighted by molar-refractivity contribution is 0.0997. The van der Waals surface area contributed by atoms with Crippen LogP contribution in [0, 0.1) is 5.92 Å². The summed E-state index contributed by atoms with van der Waals surface area (Å²) >= 11 is 0. The van der Waals surface area contributed by atoms with Crippen LogP contribution in [0.5, 0.6) is 0 Å². The fourth-order valence-corrected chi connectivity index (χ4v) is 2.70. The lowest BCUT2D eigenvalue weighted by Crippen LogP contribution is -2.33. The quantitative estimate of drug-likeness (QED) is 0.664. The zero-order chi connectivity index (χ0) is 16.3. The van der Waals surface area contributed by atoms with Gasteiger partial charge in [0.25, 0.3) is 0 Å². The zero-order valence-electron chi connectivity index (χ0n) is 13.3. The predicted molar refractivity (Wildman–Crippen MR) is 88.2 cm³/mol. The first kappa shape index (κ1) is 16.0. The second-order valence-corrected chi connectivity index (χ2v) is 5.65. The van der Waals surface area contributed by atoms with Gasteiger partial charge < -0.3 is 10.1 Å². The minimum Gasteiger partial charge on any atom is -0.410 e. The first-order valence-electron chi connectivity index (χ1n) is 7.51. The van der Waals surface area contributed by atoms with Gasteiger partial charge in [-0.05, 0) is 19.0 Å². The van der Waals surface area contributed by atoms with Crippen LogP contribution in [-0.2, 0) is 0 Å². The molecule has 22 heavy (non-hydrogen) atoms. The number of Topliss-reactive ketones (excluding diaryl/α,β-unsaturated/α-hetero) is 1. The molecule has 0 amide bonds. The standard InChI is InChI=1S/C18H22N2O2/c1-5-12(3)11-20(6-2)17-13(4)16(19-22)14-9-7-8-10-15(14)18(17)21/h6-10,12,22H,2,5,11H2,1,3-4H3/b19-16-. The van der Waals surface area contributed by atoms with Crippen molar-refractivity contribution in [3.8, 4) is 0 Å². The van der Waals surface area contributed by atoms with Crippen LogP contribution in [0.25, 0.3) is 0 Å². The van der Waals surface area contributed by atoms with E-state index >= 15 is 0 Å². The number of carbonyl (C=O) groups excluding carboxylic acids is 1. The Bertz CT molecular complexity index is 659. The van der Waals surface area contributed by atoms with E-state index < -0.39 is 0 Å². The minimum absolute atomic E-state index is 0.0521. The Morgan fingerprint density at radius 2 is 2.00 bits per heavy atom. The molecule has 4 nitrogen and oxygen atoms in total. The number of hydrogen-bond acceptors (Lipinski definition) is 4. The molecule has 1 aromatic rings. The Kier molecular flexibility index (Phi) is 4.81. The molecule has 0 saturated heterocycles. The lowest BCUT2D eigenvalue weighted by Gasteiger charge is -2.30. The molecule has 1 aliphatic rings. The molecule has 0 saturated carbocycles. The van der Waals surface area contributed by atoms with Gasteiger partial charge in [0.05, 0.1) is 5.70 Å². The largest absolute Gasteiger partial charge is 0.410 e. The summed E-state index contributed by atoms with van der Waals surface area (Å²) in [6, 6.07) is 7.21. The Morgan fingerprint density at radius 3 is 2.55 bits per heavy atom. The molecule has 0 radical (unpaired) electrons. The highest BCUT2D eigenvalue weighted by molar-refractivity contribution is 6.28. The van der Waals surface area contributed by atoms with Gasteiger partial charge in [0.2, 0.25) is 5.78 Å². The van der Waals surface area contributed by atoms with Crippen molar-refractivity contribution in [3.63, 3.8) is 0 Å². The Hall–Kier alpha value is -2.36. The van der Waals surface area contributed by atoms with Crippen LogP contribution in [-0.4, -0.2) is 28.1 Å². The van der Waals surface area contributed by atoms with E-state index in [1.807, 2.05) is 24.0 Å². The van der Waals surface area contributed by atoms with Crippen LogP contribution in [0.15, 0.2) is 53.5 Å². The first-order valence-corrected chi connectivity index (χ1v) is 7.51. The molecule has 0 bridgehead atoms. The third-order valence-corrected chi connectivity index (χ3v) is 4.17. The van der Waals surface area contributed by atoms with E-state index in [2.05, 4.69) is 25.6 Å².